The van der Waals surface area contributed by atoms with Crippen molar-refractivity contribution in [3.05, 3.63) is 41.8 Å². The predicted octanol–water partition coefficient (Wildman–Crippen LogP) is 3.31. The van der Waals surface area contributed by atoms with E-state index in [9.17, 15) is 0 Å². The van der Waals surface area contributed by atoms with Gasteiger partial charge in [-0.2, -0.15) is 0 Å². The molecule has 1 aliphatic rings. The van der Waals surface area contributed by atoms with E-state index in [1.807, 2.05) is 0 Å². The largest absolute Gasteiger partial charge is 0.0613 e. The molecule has 0 bridgehead atoms. The highest BCUT2D eigenvalue weighted by Crippen LogP contribution is 2.41. The molecule has 0 amide bonds. The summed E-state index contributed by atoms with van der Waals surface area (Å²) >= 11 is 0. The lowest BCUT2D eigenvalue weighted by atomic mass is 10.0. The summed E-state index contributed by atoms with van der Waals surface area (Å²) in [6, 6.07) is 6.73. The second-order valence-corrected chi connectivity index (χ2v) is 3.66. The SMILES string of the molecule is [CH2]c1cc(CC)ccc1C1CC1. The zero-order chi connectivity index (χ0) is 8.55. The van der Waals surface area contributed by atoms with E-state index in [-0.39, 0.29) is 0 Å². The minimum Gasteiger partial charge on any atom is -0.0613 e. The van der Waals surface area contributed by atoms with Gasteiger partial charge in [0.05, 0.1) is 0 Å². The fourth-order valence-electron chi connectivity index (χ4n) is 1.67. The summed E-state index contributed by atoms with van der Waals surface area (Å²) in [4.78, 5) is 0. The van der Waals surface area contributed by atoms with E-state index in [2.05, 4.69) is 32.0 Å². The molecule has 1 aromatic carbocycles. The lowest BCUT2D eigenvalue weighted by Gasteiger charge is -2.05. The van der Waals surface area contributed by atoms with Crippen molar-refractivity contribution in [1.82, 2.24) is 0 Å². The highest BCUT2D eigenvalue weighted by atomic mass is 14.3. The number of aryl methyl sites for hydroxylation is 1. The summed E-state index contributed by atoms with van der Waals surface area (Å²) < 4.78 is 0. The Morgan fingerprint density at radius 2 is 2.17 bits per heavy atom. The zero-order valence-corrected chi connectivity index (χ0v) is 7.64. The molecule has 0 heterocycles. The molecule has 0 aromatic heterocycles. The smallest absolute Gasteiger partial charge is 0.0159 e. The third kappa shape index (κ3) is 1.38. The fraction of sp³-hybridized carbons (Fsp3) is 0.417. The Hall–Kier alpha value is -0.780. The van der Waals surface area contributed by atoms with E-state index >= 15 is 0 Å². The lowest BCUT2D eigenvalue weighted by molar-refractivity contribution is 1.08. The standard InChI is InChI=1S/C12H15/c1-3-10-4-7-12(9(2)8-10)11-5-6-11/h4,7-8,11H,2-3,5-6H2,1H3. The molecule has 0 heteroatoms. The number of hydrogen-bond donors (Lipinski definition) is 0. The summed E-state index contributed by atoms with van der Waals surface area (Å²) in [6.45, 7) is 6.28. The first-order valence-electron chi connectivity index (χ1n) is 4.76. The molecule has 12 heavy (non-hydrogen) atoms. The average molecular weight is 159 g/mol. The third-order valence-corrected chi connectivity index (χ3v) is 2.63. The van der Waals surface area contributed by atoms with Gasteiger partial charge in [0.25, 0.3) is 0 Å². The highest BCUT2D eigenvalue weighted by Gasteiger charge is 2.24. The average Bonchev–Trinajstić information content (AvgIpc) is 2.87. The minimum atomic E-state index is 0.836. The molecule has 0 nitrogen and oxygen atoms in total. The van der Waals surface area contributed by atoms with Gasteiger partial charge in [-0.05, 0) is 48.8 Å². The molecule has 1 aromatic rings. The molecule has 2 rings (SSSR count). The van der Waals surface area contributed by atoms with Crippen LogP contribution < -0.4 is 0 Å². The van der Waals surface area contributed by atoms with Crippen LogP contribution in [0.1, 0.15) is 42.4 Å². The van der Waals surface area contributed by atoms with Crippen molar-refractivity contribution in [1.29, 1.82) is 0 Å². The Morgan fingerprint density at radius 3 is 2.67 bits per heavy atom. The van der Waals surface area contributed by atoms with Crippen LogP contribution in [0.15, 0.2) is 18.2 Å². The van der Waals surface area contributed by atoms with Crippen LogP contribution in [-0.4, -0.2) is 0 Å². The van der Waals surface area contributed by atoms with Crippen LogP contribution in [0.25, 0.3) is 0 Å². The van der Waals surface area contributed by atoms with Gasteiger partial charge in [-0.3, -0.25) is 0 Å². The fourth-order valence-corrected chi connectivity index (χ4v) is 1.67. The molecule has 1 fully saturated rings. The van der Waals surface area contributed by atoms with Crippen molar-refractivity contribution in [3.63, 3.8) is 0 Å². The van der Waals surface area contributed by atoms with Crippen molar-refractivity contribution in [3.8, 4) is 0 Å². The van der Waals surface area contributed by atoms with Gasteiger partial charge in [-0.25, -0.2) is 0 Å². The van der Waals surface area contributed by atoms with Crippen LogP contribution in [0.3, 0.4) is 0 Å². The summed E-state index contributed by atoms with van der Waals surface area (Å²) in [7, 11) is 0. The molecule has 0 aliphatic heterocycles. The molecule has 0 spiro atoms. The van der Waals surface area contributed by atoms with Crippen molar-refractivity contribution in [2.45, 2.75) is 32.1 Å². The van der Waals surface area contributed by atoms with Gasteiger partial charge < -0.3 is 0 Å². The van der Waals surface area contributed by atoms with Crippen LogP contribution in [0.2, 0.25) is 0 Å². The van der Waals surface area contributed by atoms with Crippen LogP contribution in [-0.2, 0) is 6.42 Å². The first-order chi connectivity index (χ1) is 5.81. The van der Waals surface area contributed by atoms with E-state index in [1.54, 1.807) is 0 Å². The minimum absolute atomic E-state index is 0.836. The van der Waals surface area contributed by atoms with Crippen LogP contribution >= 0.6 is 0 Å². The van der Waals surface area contributed by atoms with Crippen molar-refractivity contribution >= 4 is 0 Å². The molecule has 1 aliphatic carbocycles. The Morgan fingerprint density at radius 1 is 1.42 bits per heavy atom. The maximum atomic E-state index is 4.09. The Balaban J connectivity index is 2.32. The summed E-state index contributed by atoms with van der Waals surface area (Å²) in [5.74, 6) is 0.836. The van der Waals surface area contributed by atoms with Crippen LogP contribution in [0.5, 0.6) is 0 Å². The van der Waals surface area contributed by atoms with Gasteiger partial charge in [0.1, 0.15) is 0 Å². The summed E-state index contributed by atoms with van der Waals surface area (Å²) in [5, 5.41) is 0. The molecule has 0 unspecified atom stereocenters. The second-order valence-electron chi connectivity index (χ2n) is 3.66. The Bertz CT molecular complexity index is 282. The van der Waals surface area contributed by atoms with Gasteiger partial charge in [-0.15, -0.1) is 0 Å². The normalized spacial score (nSPS) is 16.5. The molecule has 0 saturated heterocycles. The van der Waals surface area contributed by atoms with E-state index in [0.717, 1.165) is 12.3 Å². The molecule has 63 valence electrons. The first kappa shape index (κ1) is 7.85. The highest BCUT2D eigenvalue weighted by molar-refractivity contribution is 5.38. The van der Waals surface area contributed by atoms with E-state index < -0.39 is 0 Å². The van der Waals surface area contributed by atoms with Gasteiger partial charge >= 0.3 is 0 Å². The molecular formula is C12H15. The van der Waals surface area contributed by atoms with E-state index in [4.69, 9.17) is 0 Å². The van der Waals surface area contributed by atoms with Crippen molar-refractivity contribution in [2.24, 2.45) is 0 Å². The Labute approximate surface area is 74.6 Å². The van der Waals surface area contributed by atoms with Gasteiger partial charge in [0.15, 0.2) is 0 Å². The Kier molecular flexibility index (Phi) is 1.92. The molecular weight excluding hydrogens is 144 g/mol. The number of rotatable bonds is 2. The summed E-state index contributed by atoms with van der Waals surface area (Å²) in [5.41, 5.74) is 4.13. The zero-order valence-electron chi connectivity index (χ0n) is 7.64. The monoisotopic (exact) mass is 159 g/mol. The maximum Gasteiger partial charge on any atom is -0.0159 e. The van der Waals surface area contributed by atoms with E-state index in [1.165, 1.54) is 29.5 Å². The van der Waals surface area contributed by atoms with Crippen molar-refractivity contribution < 1.29 is 0 Å². The second kappa shape index (κ2) is 2.93. The van der Waals surface area contributed by atoms with Gasteiger partial charge in [-0.1, -0.05) is 25.1 Å². The number of hydrogen-bond acceptors (Lipinski definition) is 0. The first-order valence-corrected chi connectivity index (χ1v) is 4.76. The molecule has 0 atom stereocenters. The van der Waals surface area contributed by atoms with Crippen LogP contribution in [0.4, 0.5) is 0 Å². The lowest BCUT2D eigenvalue weighted by Crippen LogP contribution is -1.88. The predicted molar refractivity (Wildman–Crippen MR) is 52.3 cm³/mol. The number of benzene rings is 1. The summed E-state index contributed by atoms with van der Waals surface area (Å²) in [6.07, 6.45) is 3.86. The van der Waals surface area contributed by atoms with Crippen LogP contribution in [0, 0.1) is 6.92 Å². The van der Waals surface area contributed by atoms with Crippen molar-refractivity contribution in [2.75, 3.05) is 0 Å². The maximum absolute atomic E-state index is 4.09. The van der Waals surface area contributed by atoms with Gasteiger partial charge in [0.2, 0.25) is 0 Å². The molecule has 0 N–H and O–H groups in total. The topological polar surface area (TPSA) is 0 Å². The molecule has 1 radical (unpaired) electrons. The van der Waals surface area contributed by atoms with E-state index in [0.29, 0.717) is 0 Å². The quantitative estimate of drug-likeness (QED) is 0.621. The third-order valence-electron chi connectivity index (χ3n) is 2.63. The molecule has 1 saturated carbocycles. The van der Waals surface area contributed by atoms with Gasteiger partial charge in [0, 0.05) is 0 Å².